The number of nitrogens with one attached hydrogen (secondary N) is 1. The number of amides is 1. The van der Waals surface area contributed by atoms with E-state index in [-0.39, 0.29) is 30.6 Å². The van der Waals surface area contributed by atoms with Crippen molar-refractivity contribution in [2.24, 2.45) is 0 Å². The molecule has 2 atom stereocenters. The van der Waals surface area contributed by atoms with E-state index >= 15 is 0 Å². The Labute approximate surface area is 196 Å². The third-order valence-corrected chi connectivity index (χ3v) is 7.15. The third kappa shape index (κ3) is 4.54. The zero-order valence-corrected chi connectivity index (χ0v) is 19.2. The van der Waals surface area contributed by atoms with Crippen molar-refractivity contribution in [2.75, 3.05) is 37.9 Å². The second-order valence-corrected chi connectivity index (χ2v) is 9.24. The van der Waals surface area contributed by atoms with E-state index in [1.54, 1.807) is 35.6 Å². The molecule has 8 heteroatoms. The Hall–Kier alpha value is -3.10. The number of para-hydroxylation sites is 1. The Balaban J connectivity index is 1.29. The lowest BCUT2D eigenvalue weighted by Crippen LogP contribution is -2.52. The summed E-state index contributed by atoms with van der Waals surface area (Å²) in [5.41, 5.74) is 1.19. The van der Waals surface area contributed by atoms with Crippen LogP contribution in [0.25, 0.3) is 0 Å². The fourth-order valence-electron chi connectivity index (χ4n) is 4.56. The van der Waals surface area contributed by atoms with Crippen LogP contribution in [0.3, 0.4) is 0 Å². The molecule has 1 saturated heterocycles. The van der Waals surface area contributed by atoms with Crippen molar-refractivity contribution < 1.29 is 18.7 Å². The van der Waals surface area contributed by atoms with Crippen LogP contribution in [0.1, 0.15) is 28.2 Å². The maximum absolute atomic E-state index is 14.3. The summed E-state index contributed by atoms with van der Waals surface area (Å²) < 4.78 is 25.0. The highest BCUT2D eigenvalue weighted by Crippen LogP contribution is 2.33. The van der Waals surface area contributed by atoms with Gasteiger partial charge >= 0.3 is 0 Å². The Morgan fingerprint density at radius 2 is 1.82 bits per heavy atom. The lowest BCUT2D eigenvalue weighted by Gasteiger charge is -2.42. The summed E-state index contributed by atoms with van der Waals surface area (Å²) in [7, 11) is 0. The molecule has 1 aromatic heterocycles. The van der Waals surface area contributed by atoms with E-state index in [1.165, 1.54) is 10.9 Å². The Morgan fingerprint density at radius 3 is 2.58 bits per heavy atom. The highest BCUT2D eigenvalue weighted by atomic mass is 32.1. The zero-order chi connectivity index (χ0) is 22.8. The summed E-state index contributed by atoms with van der Waals surface area (Å²) in [6.07, 6.45) is 0. The standard InChI is InChI=1S/C25H26FN3O3S/c1-17(27-25(30)18-8-9-21-22(15-18)32-16-31-21)24(23-7-4-14-33-23)29-12-10-28(11-13-29)20-6-3-2-5-19(20)26/h2-9,14-15,17,24H,10-13,16H2,1H3,(H,27,30)/t17-,24+/m0/s1. The van der Waals surface area contributed by atoms with Crippen molar-refractivity contribution in [2.45, 2.75) is 19.0 Å². The fourth-order valence-corrected chi connectivity index (χ4v) is 5.52. The van der Waals surface area contributed by atoms with E-state index in [0.717, 1.165) is 26.2 Å². The smallest absolute Gasteiger partial charge is 0.251 e. The topological polar surface area (TPSA) is 54.0 Å². The van der Waals surface area contributed by atoms with Crippen LogP contribution < -0.4 is 19.7 Å². The van der Waals surface area contributed by atoms with E-state index in [4.69, 9.17) is 9.47 Å². The van der Waals surface area contributed by atoms with Crippen molar-refractivity contribution in [3.63, 3.8) is 0 Å². The number of carbonyl (C=O) groups excluding carboxylic acids is 1. The molecule has 3 aromatic rings. The van der Waals surface area contributed by atoms with Crippen LogP contribution in [0, 0.1) is 5.82 Å². The highest BCUT2D eigenvalue weighted by molar-refractivity contribution is 7.10. The number of benzene rings is 2. The molecule has 2 aliphatic rings. The third-order valence-electron chi connectivity index (χ3n) is 6.20. The van der Waals surface area contributed by atoms with Crippen molar-refractivity contribution in [3.8, 4) is 11.5 Å². The average molecular weight is 468 g/mol. The molecule has 0 radical (unpaired) electrons. The summed E-state index contributed by atoms with van der Waals surface area (Å²) in [5, 5.41) is 5.24. The first-order valence-corrected chi connectivity index (χ1v) is 12.0. The SMILES string of the molecule is C[C@H](NC(=O)c1ccc2c(c1)OCO2)[C@H](c1cccs1)N1CCN(c2ccccc2F)CC1. The molecule has 0 saturated carbocycles. The molecule has 0 unspecified atom stereocenters. The zero-order valence-electron chi connectivity index (χ0n) is 18.4. The van der Waals surface area contributed by atoms with Gasteiger partial charge in [0.15, 0.2) is 11.5 Å². The van der Waals surface area contributed by atoms with Crippen molar-refractivity contribution in [1.82, 2.24) is 10.2 Å². The van der Waals surface area contributed by atoms with Crippen molar-refractivity contribution in [3.05, 3.63) is 76.2 Å². The first-order valence-electron chi connectivity index (χ1n) is 11.1. The second-order valence-electron chi connectivity index (χ2n) is 8.26. The predicted molar refractivity (Wildman–Crippen MR) is 127 cm³/mol. The largest absolute Gasteiger partial charge is 0.454 e. The molecule has 1 fully saturated rings. The molecular formula is C25H26FN3O3S. The number of hydrogen-bond donors (Lipinski definition) is 1. The minimum Gasteiger partial charge on any atom is -0.454 e. The molecule has 2 aliphatic heterocycles. The van der Waals surface area contributed by atoms with Gasteiger partial charge in [-0.1, -0.05) is 18.2 Å². The molecule has 6 nitrogen and oxygen atoms in total. The lowest BCUT2D eigenvalue weighted by molar-refractivity contribution is 0.0890. The summed E-state index contributed by atoms with van der Waals surface area (Å²) in [6.45, 7) is 5.23. The molecule has 1 amide bonds. The van der Waals surface area contributed by atoms with Gasteiger partial charge in [-0.25, -0.2) is 4.39 Å². The van der Waals surface area contributed by atoms with E-state index in [1.807, 2.05) is 25.1 Å². The molecule has 0 bridgehead atoms. The van der Waals surface area contributed by atoms with E-state index in [0.29, 0.717) is 22.7 Å². The van der Waals surface area contributed by atoms with Gasteiger partial charge in [-0.15, -0.1) is 11.3 Å². The quantitative estimate of drug-likeness (QED) is 0.586. The molecule has 5 rings (SSSR count). The summed E-state index contributed by atoms with van der Waals surface area (Å²) in [4.78, 5) is 18.7. The van der Waals surface area contributed by atoms with Crippen molar-refractivity contribution in [1.29, 1.82) is 0 Å². The minimum absolute atomic E-state index is 0.0331. The van der Waals surface area contributed by atoms with Gasteiger partial charge in [0.25, 0.3) is 5.91 Å². The van der Waals surface area contributed by atoms with Gasteiger partial charge in [0.05, 0.1) is 11.7 Å². The number of hydrogen-bond acceptors (Lipinski definition) is 6. The number of thiophene rings is 1. The Kier molecular flexibility index (Phi) is 6.20. The maximum Gasteiger partial charge on any atom is 0.251 e. The maximum atomic E-state index is 14.3. The van der Waals surface area contributed by atoms with E-state index in [9.17, 15) is 9.18 Å². The molecule has 0 spiro atoms. The van der Waals surface area contributed by atoms with Gasteiger partial charge in [-0.2, -0.15) is 0 Å². The first-order chi connectivity index (χ1) is 16.1. The van der Waals surface area contributed by atoms with Gasteiger partial charge in [-0.3, -0.25) is 9.69 Å². The van der Waals surface area contributed by atoms with Gasteiger partial charge in [-0.05, 0) is 48.7 Å². The van der Waals surface area contributed by atoms with E-state index in [2.05, 4.69) is 26.6 Å². The predicted octanol–water partition coefficient (Wildman–Crippen LogP) is 4.30. The Morgan fingerprint density at radius 1 is 1.03 bits per heavy atom. The number of anilines is 1. The van der Waals surface area contributed by atoms with E-state index < -0.39 is 0 Å². The number of nitrogens with zero attached hydrogens (tertiary/aromatic N) is 2. The molecule has 172 valence electrons. The second kappa shape index (κ2) is 9.41. The summed E-state index contributed by atoms with van der Waals surface area (Å²) >= 11 is 1.69. The van der Waals surface area contributed by atoms with Crippen LogP contribution in [0.15, 0.2) is 60.0 Å². The highest BCUT2D eigenvalue weighted by Gasteiger charge is 2.31. The molecule has 33 heavy (non-hydrogen) atoms. The van der Waals surface area contributed by atoms with Crippen LogP contribution in [0.4, 0.5) is 10.1 Å². The van der Waals surface area contributed by atoms with Crippen LogP contribution in [0.5, 0.6) is 11.5 Å². The van der Waals surface area contributed by atoms with Gasteiger partial charge in [0.1, 0.15) is 5.82 Å². The number of fused-ring (bicyclic) bond motifs is 1. The fraction of sp³-hybridized carbons (Fsp3) is 0.320. The van der Waals surface area contributed by atoms with Crippen molar-refractivity contribution >= 4 is 22.9 Å². The molecule has 0 aliphatic carbocycles. The van der Waals surface area contributed by atoms with Gasteiger partial charge < -0.3 is 19.7 Å². The molecule has 1 N–H and O–H groups in total. The normalized spacial score (nSPS) is 17.6. The lowest BCUT2D eigenvalue weighted by atomic mass is 10.0. The van der Waals surface area contributed by atoms with Gasteiger partial charge in [0.2, 0.25) is 6.79 Å². The monoisotopic (exact) mass is 467 g/mol. The summed E-state index contributed by atoms with van der Waals surface area (Å²) in [6, 6.07) is 16.2. The number of carbonyl (C=O) groups is 1. The Bertz CT molecular complexity index is 1120. The average Bonchev–Trinajstić information content (AvgIpc) is 3.52. The molecule has 3 heterocycles. The minimum atomic E-state index is -0.190. The number of halogens is 1. The van der Waals surface area contributed by atoms with Crippen LogP contribution >= 0.6 is 11.3 Å². The van der Waals surface area contributed by atoms with Crippen LogP contribution in [0.2, 0.25) is 0 Å². The first kappa shape index (κ1) is 21.7. The number of piperazine rings is 1. The molecule has 2 aromatic carbocycles. The van der Waals surface area contributed by atoms with Crippen LogP contribution in [-0.4, -0.2) is 49.8 Å². The number of rotatable bonds is 6. The van der Waals surface area contributed by atoms with Gasteiger partial charge in [0, 0.05) is 42.7 Å². The summed E-state index contributed by atoms with van der Waals surface area (Å²) in [5.74, 6) is 0.913. The van der Waals surface area contributed by atoms with Crippen LogP contribution in [-0.2, 0) is 0 Å². The number of ether oxygens (including phenoxy) is 2. The molecular weight excluding hydrogens is 441 g/mol.